The Balaban J connectivity index is 1.55. The molecule has 0 fully saturated rings. The summed E-state index contributed by atoms with van der Waals surface area (Å²) in [7, 11) is 1.51. The Kier molecular flexibility index (Phi) is 8.81. The van der Waals surface area contributed by atoms with Crippen LogP contribution < -0.4 is 24.4 Å². The van der Waals surface area contributed by atoms with Crippen LogP contribution >= 0.6 is 22.9 Å². The number of nitrogens with zero attached hydrogens (tertiary/aromatic N) is 3. The van der Waals surface area contributed by atoms with E-state index in [2.05, 4.69) is 11.1 Å². The van der Waals surface area contributed by atoms with Gasteiger partial charge in [-0.15, -0.1) is 0 Å². The monoisotopic (exact) mass is 613 g/mol. The highest BCUT2D eigenvalue weighted by Gasteiger charge is 2.33. The number of aryl methyl sites for hydroxylation is 1. The van der Waals surface area contributed by atoms with Gasteiger partial charge in [0.05, 0.1) is 52.2 Å². The number of hydrogen-bond acceptors (Lipinski definition) is 8. The van der Waals surface area contributed by atoms with Gasteiger partial charge in [-0.3, -0.25) is 9.36 Å². The Morgan fingerprint density at radius 3 is 2.51 bits per heavy atom. The van der Waals surface area contributed by atoms with Crippen molar-refractivity contribution in [2.45, 2.75) is 33.4 Å². The number of halogens is 1. The van der Waals surface area contributed by atoms with E-state index >= 15 is 0 Å². The second kappa shape index (κ2) is 12.7. The number of hydrogen-bond donors (Lipinski definition) is 0. The molecule has 0 amide bonds. The number of nitriles is 1. The third-order valence-corrected chi connectivity index (χ3v) is 8.19. The van der Waals surface area contributed by atoms with Crippen LogP contribution in [0.2, 0.25) is 5.02 Å². The van der Waals surface area contributed by atoms with Gasteiger partial charge >= 0.3 is 5.97 Å². The lowest BCUT2D eigenvalue weighted by Gasteiger charge is -2.24. The minimum absolute atomic E-state index is 0.205. The van der Waals surface area contributed by atoms with Crippen molar-refractivity contribution in [3.8, 4) is 17.6 Å². The molecule has 8 nitrogen and oxygen atoms in total. The molecule has 0 N–H and O–H groups in total. The normalized spacial score (nSPS) is 14.5. The summed E-state index contributed by atoms with van der Waals surface area (Å²) in [6.07, 6.45) is 1.72. The Bertz CT molecular complexity index is 1950. The molecule has 3 aromatic carbocycles. The zero-order chi connectivity index (χ0) is 30.7. The molecule has 0 spiro atoms. The van der Waals surface area contributed by atoms with Gasteiger partial charge in [0, 0.05) is 0 Å². The number of methoxy groups -OCH3 is 1. The quantitative estimate of drug-likeness (QED) is 0.253. The van der Waals surface area contributed by atoms with Gasteiger partial charge in [0.15, 0.2) is 16.3 Å². The molecule has 10 heteroatoms. The topological polar surface area (TPSA) is 103 Å². The SMILES string of the molecule is CCOC(=O)C1=C(C)N=c2s/c(=C\c3cc(Cl)c(OCc4ccc(C#N)cc4)c(OC)c3)c(=O)n2[C@@H]1c1ccc(C)cc1. The van der Waals surface area contributed by atoms with Gasteiger partial charge in [-0.1, -0.05) is 64.9 Å². The molecule has 0 saturated carbocycles. The number of thiazole rings is 1. The molecule has 2 heterocycles. The van der Waals surface area contributed by atoms with E-state index in [0.717, 1.165) is 16.7 Å². The molecule has 4 aromatic rings. The summed E-state index contributed by atoms with van der Waals surface area (Å²) in [6.45, 7) is 5.90. The van der Waals surface area contributed by atoms with Gasteiger partial charge in [0.1, 0.15) is 6.61 Å². The van der Waals surface area contributed by atoms with Crippen LogP contribution in [0.1, 0.15) is 47.7 Å². The maximum Gasteiger partial charge on any atom is 0.338 e. The van der Waals surface area contributed by atoms with Crippen molar-refractivity contribution in [2.75, 3.05) is 13.7 Å². The summed E-state index contributed by atoms with van der Waals surface area (Å²) < 4.78 is 18.9. The van der Waals surface area contributed by atoms with E-state index in [-0.39, 0.29) is 18.8 Å². The van der Waals surface area contributed by atoms with Crippen LogP contribution in [0.15, 0.2) is 81.7 Å². The highest BCUT2D eigenvalue weighted by molar-refractivity contribution is 7.07. The third kappa shape index (κ3) is 6.12. The second-order valence-corrected chi connectivity index (χ2v) is 11.3. The van der Waals surface area contributed by atoms with Gasteiger partial charge in [0.25, 0.3) is 5.56 Å². The van der Waals surface area contributed by atoms with Gasteiger partial charge in [-0.25, -0.2) is 9.79 Å². The molecule has 1 aliphatic heterocycles. The van der Waals surface area contributed by atoms with Crippen LogP contribution in [0, 0.1) is 18.3 Å². The zero-order valence-electron chi connectivity index (χ0n) is 24.0. The standard InChI is InChI=1S/C33H28ClN3O5S/c1-5-41-32(39)28-20(3)36-33-37(29(28)24-12-6-19(2)7-13-24)31(38)27(43-33)16-23-14-25(34)30(26(15-23)40-4)42-18-22-10-8-21(17-35)9-11-22/h6-16,29H,5,18H2,1-4H3/b27-16-/t29-/m1/s1. The summed E-state index contributed by atoms with van der Waals surface area (Å²) in [4.78, 5) is 32.1. The first-order valence-corrected chi connectivity index (χ1v) is 14.7. The van der Waals surface area contributed by atoms with Crippen molar-refractivity contribution in [1.29, 1.82) is 5.26 Å². The van der Waals surface area contributed by atoms with E-state index < -0.39 is 12.0 Å². The Labute approximate surface area is 257 Å². The van der Waals surface area contributed by atoms with Crippen LogP contribution in [0.5, 0.6) is 11.5 Å². The van der Waals surface area contributed by atoms with E-state index in [1.165, 1.54) is 18.4 Å². The summed E-state index contributed by atoms with van der Waals surface area (Å²) in [5, 5.41) is 9.32. The molecule has 0 aliphatic carbocycles. The maximum absolute atomic E-state index is 13.9. The fourth-order valence-electron chi connectivity index (χ4n) is 4.80. The molecular formula is C33H28ClN3O5S. The minimum Gasteiger partial charge on any atom is -0.493 e. The van der Waals surface area contributed by atoms with Crippen LogP contribution in [0.3, 0.4) is 0 Å². The average Bonchev–Trinajstić information content (AvgIpc) is 3.30. The predicted octanol–water partition coefficient (Wildman–Crippen LogP) is 5.22. The first kappa shape index (κ1) is 29.8. The van der Waals surface area contributed by atoms with Crippen molar-refractivity contribution >= 4 is 35.0 Å². The lowest BCUT2D eigenvalue weighted by Crippen LogP contribution is -2.39. The van der Waals surface area contributed by atoms with Crippen LogP contribution in [-0.2, 0) is 16.1 Å². The number of allylic oxidation sites excluding steroid dienone is 1. The number of aromatic nitrogens is 1. The summed E-state index contributed by atoms with van der Waals surface area (Å²) in [5.74, 6) is 0.260. The van der Waals surface area contributed by atoms with Crippen molar-refractivity contribution < 1.29 is 19.0 Å². The lowest BCUT2D eigenvalue weighted by molar-refractivity contribution is -0.139. The summed E-state index contributed by atoms with van der Waals surface area (Å²) in [6, 6.07) is 19.6. The zero-order valence-corrected chi connectivity index (χ0v) is 25.6. The highest BCUT2D eigenvalue weighted by Crippen LogP contribution is 2.37. The lowest BCUT2D eigenvalue weighted by atomic mass is 9.95. The third-order valence-electron chi connectivity index (χ3n) is 6.93. The van der Waals surface area contributed by atoms with E-state index in [0.29, 0.717) is 48.3 Å². The number of benzene rings is 3. The van der Waals surface area contributed by atoms with Crippen LogP contribution in [-0.4, -0.2) is 24.3 Å². The van der Waals surface area contributed by atoms with Crippen LogP contribution in [0.25, 0.3) is 6.08 Å². The molecule has 0 unspecified atom stereocenters. The fraction of sp³-hybridized carbons (Fsp3) is 0.212. The minimum atomic E-state index is -0.686. The second-order valence-electron chi connectivity index (χ2n) is 9.84. The number of ether oxygens (including phenoxy) is 3. The highest BCUT2D eigenvalue weighted by atomic mass is 35.5. The largest absolute Gasteiger partial charge is 0.493 e. The van der Waals surface area contributed by atoms with E-state index in [1.807, 2.05) is 43.3 Å². The van der Waals surface area contributed by atoms with Crippen molar-refractivity contribution in [1.82, 2.24) is 4.57 Å². The van der Waals surface area contributed by atoms with E-state index in [9.17, 15) is 9.59 Å². The number of rotatable bonds is 8. The number of esters is 1. The van der Waals surface area contributed by atoms with Gasteiger partial charge in [0.2, 0.25) is 0 Å². The first-order chi connectivity index (χ1) is 20.7. The van der Waals surface area contributed by atoms with Gasteiger partial charge in [-0.05, 0) is 67.8 Å². The first-order valence-electron chi connectivity index (χ1n) is 13.5. The molecule has 0 bridgehead atoms. The van der Waals surface area contributed by atoms with E-state index in [4.69, 9.17) is 31.1 Å². The molecule has 0 saturated heterocycles. The van der Waals surface area contributed by atoms with Crippen LogP contribution in [0.4, 0.5) is 0 Å². The average molecular weight is 614 g/mol. The Morgan fingerprint density at radius 2 is 1.86 bits per heavy atom. The van der Waals surface area contributed by atoms with Crippen molar-refractivity contribution in [3.63, 3.8) is 0 Å². The number of carbonyl (C=O) groups is 1. The Morgan fingerprint density at radius 1 is 1.14 bits per heavy atom. The number of fused-ring (bicyclic) bond motifs is 1. The Hall–Kier alpha value is -4.65. The van der Waals surface area contributed by atoms with Gasteiger partial charge < -0.3 is 14.2 Å². The number of carbonyl (C=O) groups excluding carboxylic acids is 1. The molecule has 43 heavy (non-hydrogen) atoms. The van der Waals surface area contributed by atoms with Gasteiger partial charge in [-0.2, -0.15) is 5.26 Å². The smallest absolute Gasteiger partial charge is 0.338 e. The molecule has 1 aliphatic rings. The molecule has 0 radical (unpaired) electrons. The molecule has 218 valence electrons. The van der Waals surface area contributed by atoms with Crippen molar-refractivity contribution in [3.05, 3.63) is 124 Å². The molecule has 1 atom stereocenters. The predicted molar refractivity (Wildman–Crippen MR) is 165 cm³/mol. The summed E-state index contributed by atoms with van der Waals surface area (Å²) in [5.41, 5.74) is 4.44. The molecule has 5 rings (SSSR count). The molecule has 1 aromatic heterocycles. The maximum atomic E-state index is 13.9. The summed E-state index contributed by atoms with van der Waals surface area (Å²) >= 11 is 7.86. The van der Waals surface area contributed by atoms with Crippen molar-refractivity contribution in [2.24, 2.45) is 4.99 Å². The van der Waals surface area contributed by atoms with E-state index in [1.54, 1.807) is 48.8 Å². The fourth-order valence-corrected chi connectivity index (χ4v) is 6.12. The molecular weight excluding hydrogens is 586 g/mol.